The van der Waals surface area contributed by atoms with E-state index in [0.29, 0.717) is 45.1 Å². The second-order valence-electron chi connectivity index (χ2n) is 8.77. The minimum absolute atomic E-state index is 0.129. The molecule has 0 bridgehead atoms. The molecule has 0 aliphatic rings. The van der Waals surface area contributed by atoms with Crippen molar-refractivity contribution in [1.29, 1.82) is 0 Å². The highest BCUT2D eigenvalue weighted by Crippen LogP contribution is 2.25. The summed E-state index contributed by atoms with van der Waals surface area (Å²) >= 11 is 0. The molecule has 4 heteroatoms. The number of hydrogen-bond acceptors (Lipinski definition) is 4. The fourth-order valence-corrected chi connectivity index (χ4v) is 2.19. The zero-order valence-electron chi connectivity index (χ0n) is 17.6. The van der Waals surface area contributed by atoms with Crippen molar-refractivity contribution in [3.05, 3.63) is 29.8 Å². The fraction of sp³-hybridized carbons (Fsp3) is 0.727. The maximum atomic E-state index is 5.76. The Morgan fingerprint density at radius 3 is 1.77 bits per heavy atom. The van der Waals surface area contributed by atoms with Crippen LogP contribution >= 0.6 is 0 Å². The Morgan fingerprint density at radius 1 is 0.692 bits per heavy atom. The molecule has 0 aromatic heterocycles. The van der Waals surface area contributed by atoms with Gasteiger partial charge in [-0.25, -0.2) is 0 Å². The van der Waals surface area contributed by atoms with Crippen molar-refractivity contribution < 1.29 is 18.9 Å². The first kappa shape index (κ1) is 22.9. The van der Waals surface area contributed by atoms with E-state index in [0.717, 1.165) is 18.8 Å². The molecule has 0 amide bonds. The van der Waals surface area contributed by atoms with Crippen LogP contribution in [-0.2, 0) is 19.6 Å². The Labute approximate surface area is 160 Å². The molecule has 0 saturated heterocycles. The molecule has 1 aromatic carbocycles. The lowest BCUT2D eigenvalue weighted by Crippen LogP contribution is -2.14. The van der Waals surface area contributed by atoms with Crippen molar-refractivity contribution in [1.82, 2.24) is 0 Å². The van der Waals surface area contributed by atoms with Gasteiger partial charge in [0.25, 0.3) is 0 Å². The Kier molecular flexibility index (Phi) is 10.2. The molecule has 1 rings (SSSR count). The average molecular weight is 367 g/mol. The van der Waals surface area contributed by atoms with Crippen LogP contribution in [0.5, 0.6) is 5.75 Å². The van der Waals surface area contributed by atoms with Crippen LogP contribution in [0.1, 0.15) is 53.5 Å². The average Bonchev–Trinajstić information content (AvgIpc) is 2.54. The number of ether oxygens (including phenoxy) is 4. The molecule has 0 unspecified atom stereocenters. The monoisotopic (exact) mass is 366 g/mol. The first-order valence-electron chi connectivity index (χ1n) is 9.65. The normalized spacial score (nSPS) is 12.4. The molecule has 150 valence electrons. The highest BCUT2D eigenvalue weighted by molar-refractivity contribution is 5.32. The van der Waals surface area contributed by atoms with Gasteiger partial charge >= 0.3 is 0 Å². The largest absolute Gasteiger partial charge is 0.491 e. The van der Waals surface area contributed by atoms with Crippen LogP contribution < -0.4 is 4.74 Å². The molecule has 0 atom stereocenters. The molecule has 0 aliphatic carbocycles. The molecule has 0 spiro atoms. The van der Waals surface area contributed by atoms with Gasteiger partial charge in [-0.15, -0.1) is 0 Å². The van der Waals surface area contributed by atoms with E-state index in [4.69, 9.17) is 18.9 Å². The predicted molar refractivity (Wildman–Crippen MR) is 107 cm³/mol. The first-order chi connectivity index (χ1) is 12.2. The molecule has 0 radical (unpaired) electrons. The first-order valence-corrected chi connectivity index (χ1v) is 9.65. The van der Waals surface area contributed by atoms with Gasteiger partial charge in [0.1, 0.15) is 12.4 Å². The van der Waals surface area contributed by atoms with Crippen LogP contribution in [0.3, 0.4) is 0 Å². The molecule has 0 saturated carbocycles. The van der Waals surface area contributed by atoms with Gasteiger partial charge in [-0.05, 0) is 34.9 Å². The van der Waals surface area contributed by atoms with Gasteiger partial charge in [0.15, 0.2) is 0 Å². The summed E-state index contributed by atoms with van der Waals surface area (Å²) in [5.74, 6) is 0.893. The molecule has 0 aliphatic heterocycles. The highest BCUT2D eigenvalue weighted by atomic mass is 16.6. The van der Waals surface area contributed by atoms with Crippen molar-refractivity contribution in [3.63, 3.8) is 0 Å². The van der Waals surface area contributed by atoms with Crippen molar-refractivity contribution in [2.75, 3.05) is 46.2 Å². The van der Waals surface area contributed by atoms with Gasteiger partial charge < -0.3 is 18.9 Å². The van der Waals surface area contributed by atoms with Crippen LogP contribution in [0.15, 0.2) is 24.3 Å². The molecule has 0 N–H and O–H groups in total. The lowest BCUT2D eigenvalue weighted by Gasteiger charge is -2.19. The molecule has 0 fully saturated rings. The standard InChI is InChI=1S/C22H38O4/c1-21(2,3)10-11-23-12-13-24-14-15-25-16-17-26-20-9-7-8-19(18-20)22(4,5)6/h7-9,18H,10-17H2,1-6H3. The summed E-state index contributed by atoms with van der Waals surface area (Å²) in [4.78, 5) is 0. The van der Waals surface area contributed by atoms with Gasteiger partial charge in [-0.1, -0.05) is 53.7 Å². The Morgan fingerprint density at radius 2 is 1.23 bits per heavy atom. The highest BCUT2D eigenvalue weighted by Gasteiger charge is 2.13. The third-order valence-corrected chi connectivity index (χ3v) is 3.94. The summed E-state index contributed by atoms with van der Waals surface area (Å²) in [7, 11) is 0. The lowest BCUT2D eigenvalue weighted by molar-refractivity contribution is 0.00585. The van der Waals surface area contributed by atoms with Gasteiger partial charge in [0, 0.05) is 6.61 Å². The van der Waals surface area contributed by atoms with Crippen molar-refractivity contribution >= 4 is 0 Å². The predicted octanol–water partition coefficient (Wildman–Crippen LogP) is 4.85. The van der Waals surface area contributed by atoms with Gasteiger partial charge in [0.2, 0.25) is 0 Å². The number of rotatable bonds is 12. The van der Waals surface area contributed by atoms with Crippen LogP contribution in [-0.4, -0.2) is 46.2 Å². The van der Waals surface area contributed by atoms with Gasteiger partial charge in [-0.3, -0.25) is 0 Å². The van der Waals surface area contributed by atoms with E-state index in [1.165, 1.54) is 5.56 Å². The summed E-state index contributed by atoms with van der Waals surface area (Å²) < 4.78 is 22.3. The van der Waals surface area contributed by atoms with E-state index in [2.05, 4.69) is 53.7 Å². The van der Waals surface area contributed by atoms with Gasteiger partial charge in [0.05, 0.1) is 33.0 Å². The zero-order valence-corrected chi connectivity index (χ0v) is 17.6. The fourth-order valence-electron chi connectivity index (χ4n) is 2.19. The van der Waals surface area contributed by atoms with E-state index in [9.17, 15) is 0 Å². The molecule has 26 heavy (non-hydrogen) atoms. The third-order valence-electron chi connectivity index (χ3n) is 3.94. The second kappa shape index (κ2) is 11.6. The maximum Gasteiger partial charge on any atom is 0.119 e. The maximum absolute atomic E-state index is 5.76. The van der Waals surface area contributed by atoms with Crippen molar-refractivity contribution in [2.24, 2.45) is 5.41 Å². The molecular weight excluding hydrogens is 328 g/mol. The summed E-state index contributed by atoms with van der Waals surface area (Å²) in [6.45, 7) is 17.6. The molecular formula is C22H38O4. The SMILES string of the molecule is CC(C)(C)CCOCCOCCOCCOc1cccc(C(C)(C)C)c1. The van der Waals surface area contributed by atoms with Crippen LogP contribution in [0.4, 0.5) is 0 Å². The topological polar surface area (TPSA) is 36.9 Å². The summed E-state index contributed by atoms with van der Waals surface area (Å²) in [6.07, 6.45) is 1.06. The van der Waals surface area contributed by atoms with E-state index < -0.39 is 0 Å². The lowest BCUT2D eigenvalue weighted by atomic mass is 9.87. The smallest absolute Gasteiger partial charge is 0.119 e. The van der Waals surface area contributed by atoms with Gasteiger partial charge in [-0.2, -0.15) is 0 Å². The Bertz CT molecular complexity index is 486. The zero-order chi connectivity index (χ0) is 19.5. The van der Waals surface area contributed by atoms with E-state index in [-0.39, 0.29) is 5.41 Å². The van der Waals surface area contributed by atoms with Crippen molar-refractivity contribution in [3.8, 4) is 5.75 Å². The Balaban J connectivity index is 1.97. The van der Waals surface area contributed by atoms with E-state index in [1.54, 1.807) is 0 Å². The minimum Gasteiger partial charge on any atom is -0.491 e. The van der Waals surface area contributed by atoms with E-state index >= 15 is 0 Å². The summed E-state index contributed by atoms with van der Waals surface area (Å²) in [5, 5.41) is 0. The minimum atomic E-state index is 0.129. The number of benzene rings is 1. The molecule has 0 heterocycles. The number of hydrogen-bond donors (Lipinski definition) is 0. The summed E-state index contributed by atoms with van der Waals surface area (Å²) in [6, 6.07) is 8.25. The summed E-state index contributed by atoms with van der Waals surface area (Å²) in [5.41, 5.74) is 1.73. The Hall–Kier alpha value is -1.10. The second-order valence-corrected chi connectivity index (χ2v) is 8.77. The molecule has 1 aromatic rings. The quantitative estimate of drug-likeness (QED) is 0.496. The third kappa shape index (κ3) is 11.5. The van der Waals surface area contributed by atoms with Crippen molar-refractivity contribution in [2.45, 2.75) is 53.4 Å². The van der Waals surface area contributed by atoms with Crippen LogP contribution in [0.25, 0.3) is 0 Å². The molecule has 4 nitrogen and oxygen atoms in total. The van der Waals surface area contributed by atoms with E-state index in [1.807, 2.05) is 12.1 Å². The van der Waals surface area contributed by atoms with Crippen LogP contribution in [0, 0.1) is 5.41 Å². The van der Waals surface area contributed by atoms with Crippen LogP contribution in [0.2, 0.25) is 0 Å².